The molecule has 3 unspecified atom stereocenters. The van der Waals surface area contributed by atoms with Crippen LogP contribution in [0.4, 0.5) is 0 Å². The lowest BCUT2D eigenvalue weighted by molar-refractivity contribution is 0.507. The molecule has 1 aromatic rings. The zero-order chi connectivity index (χ0) is 13.3. The Morgan fingerprint density at radius 1 is 1.28 bits per heavy atom. The van der Waals surface area contributed by atoms with Crippen LogP contribution in [0.2, 0.25) is 10.0 Å². The lowest BCUT2D eigenvalue weighted by Gasteiger charge is -2.20. The first-order valence-corrected chi connectivity index (χ1v) is 8.20. The number of rotatable bonds is 4. The number of fused-ring (bicyclic) bond motifs is 1. The van der Waals surface area contributed by atoms with Crippen LogP contribution in [0.25, 0.3) is 0 Å². The minimum absolute atomic E-state index is 0.0528. The Bertz CT molecular complexity index is 478. The summed E-state index contributed by atoms with van der Waals surface area (Å²) in [5.74, 6) is 0. The molecule has 2 rings (SSSR count). The van der Waals surface area contributed by atoms with Gasteiger partial charge < -0.3 is 5.32 Å². The van der Waals surface area contributed by atoms with Gasteiger partial charge in [-0.1, -0.05) is 43.5 Å². The van der Waals surface area contributed by atoms with Gasteiger partial charge in [-0.2, -0.15) is 0 Å². The van der Waals surface area contributed by atoms with E-state index in [1.54, 1.807) is 12.1 Å². The van der Waals surface area contributed by atoms with Crippen molar-refractivity contribution in [2.45, 2.75) is 42.9 Å². The Morgan fingerprint density at radius 3 is 2.56 bits per heavy atom. The average molecular weight is 306 g/mol. The highest BCUT2D eigenvalue weighted by atomic mass is 35.5. The van der Waals surface area contributed by atoms with Crippen molar-refractivity contribution in [3.8, 4) is 0 Å². The highest BCUT2D eigenvalue weighted by Gasteiger charge is 2.40. The molecule has 0 amide bonds. The Balaban J connectivity index is 2.52. The zero-order valence-electron chi connectivity index (χ0n) is 10.5. The van der Waals surface area contributed by atoms with E-state index < -0.39 is 10.8 Å². The van der Waals surface area contributed by atoms with Crippen LogP contribution in [0.5, 0.6) is 0 Å². The van der Waals surface area contributed by atoms with Crippen molar-refractivity contribution in [1.29, 1.82) is 0 Å². The summed E-state index contributed by atoms with van der Waals surface area (Å²) in [7, 11) is -1.07. The van der Waals surface area contributed by atoms with Crippen LogP contribution in [0.3, 0.4) is 0 Å². The van der Waals surface area contributed by atoms with Crippen LogP contribution in [-0.4, -0.2) is 16.0 Å². The average Bonchev–Trinajstić information content (AvgIpc) is 2.61. The third-order valence-corrected chi connectivity index (χ3v) is 5.91. The molecule has 2 nitrogen and oxygen atoms in total. The Kier molecular flexibility index (Phi) is 4.70. The summed E-state index contributed by atoms with van der Waals surface area (Å²) in [5, 5.41) is 4.69. The van der Waals surface area contributed by atoms with Gasteiger partial charge in [0.25, 0.3) is 0 Å². The summed E-state index contributed by atoms with van der Waals surface area (Å²) in [6.45, 7) is 4.97. The third-order valence-electron chi connectivity index (χ3n) is 3.25. The number of benzene rings is 1. The van der Waals surface area contributed by atoms with Crippen LogP contribution in [0.15, 0.2) is 17.0 Å². The Morgan fingerprint density at radius 2 is 1.94 bits per heavy atom. The zero-order valence-corrected chi connectivity index (χ0v) is 12.8. The van der Waals surface area contributed by atoms with Crippen LogP contribution in [0, 0.1) is 0 Å². The van der Waals surface area contributed by atoms with Gasteiger partial charge in [0.2, 0.25) is 0 Å². The van der Waals surface area contributed by atoms with E-state index in [0.717, 1.165) is 29.8 Å². The Labute approximate surface area is 121 Å². The maximum absolute atomic E-state index is 12.6. The van der Waals surface area contributed by atoms with Gasteiger partial charge in [0, 0.05) is 16.6 Å². The van der Waals surface area contributed by atoms with Gasteiger partial charge in [0.05, 0.1) is 26.0 Å². The highest BCUT2D eigenvalue weighted by molar-refractivity contribution is 7.86. The van der Waals surface area contributed by atoms with Crippen molar-refractivity contribution in [2.24, 2.45) is 0 Å². The van der Waals surface area contributed by atoms with Crippen molar-refractivity contribution in [3.05, 3.63) is 27.7 Å². The van der Waals surface area contributed by atoms with Gasteiger partial charge in [0.15, 0.2) is 0 Å². The van der Waals surface area contributed by atoms with Crippen molar-refractivity contribution >= 4 is 34.0 Å². The summed E-state index contributed by atoms with van der Waals surface area (Å²) in [5.41, 5.74) is 0.933. The fourth-order valence-corrected chi connectivity index (χ4v) is 5.19. The van der Waals surface area contributed by atoms with E-state index in [-0.39, 0.29) is 11.3 Å². The van der Waals surface area contributed by atoms with E-state index in [1.165, 1.54) is 0 Å². The topological polar surface area (TPSA) is 29.1 Å². The van der Waals surface area contributed by atoms with E-state index in [4.69, 9.17) is 23.2 Å². The molecule has 0 spiro atoms. The molecular formula is C13H17Cl2NOS. The summed E-state index contributed by atoms with van der Waals surface area (Å²) in [6, 6.07) is 3.58. The van der Waals surface area contributed by atoms with E-state index >= 15 is 0 Å². The molecule has 1 aliphatic rings. The smallest absolute Gasteiger partial charge is 0.0641 e. The fraction of sp³-hybridized carbons (Fsp3) is 0.538. The van der Waals surface area contributed by atoms with Crippen LogP contribution < -0.4 is 5.32 Å². The second-order valence-corrected chi connectivity index (χ2v) is 6.85. The lowest BCUT2D eigenvalue weighted by Crippen LogP contribution is -2.29. The van der Waals surface area contributed by atoms with Gasteiger partial charge in [0.1, 0.15) is 0 Å². The highest BCUT2D eigenvalue weighted by Crippen LogP contribution is 2.45. The molecule has 1 N–H and O–H groups in total. The normalized spacial score (nSPS) is 26.3. The van der Waals surface area contributed by atoms with E-state index in [1.807, 2.05) is 6.92 Å². The van der Waals surface area contributed by atoms with Crippen molar-refractivity contribution < 1.29 is 4.21 Å². The van der Waals surface area contributed by atoms with Gasteiger partial charge in [-0.05, 0) is 25.1 Å². The molecule has 1 aromatic carbocycles. The molecule has 0 radical (unpaired) electrons. The third kappa shape index (κ3) is 2.34. The molecule has 0 aliphatic carbocycles. The van der Waals surface area contributed by atoms with Crippen molar-refractivity contribution in [1.82, 2.24) is 5.32 Å². The first-order chi connectivity index (χ1) is 8.61. The molecule has 5 heteroatoms. The molecule has 1 aliphatic heterocycles. The van der Waals surface area contributed by atoms with Crippen LogP contribution in [-0.2, 0) is 10.8 Å². The SMILES string of the molecule is CCCC1C(NCC)c2c(Cl)ccc(Cl)c2S1=O. The van der Waals surface area contributed by atoms with Gasteiger partial charge in [-0.15, -0.1) is 0 Å². The number of hydrogen-bond donors (Lipinski definition) is 1. The standard InChI is InChI=1S/C13H17Cl2NOS/c1-3-5-10-12(16-4-2)11-8(14)6-7-9(15)13(11)18(10)17/h6-7,10,12,16H,3-5H2,1-2H3. The second kappa shape index (κ2) is 5.91. The van der Waals surface area contributed by atoms with Gasteiger partial charge >= 0.3 is 0 Å². The minimum atomic E-state index is -1.07. The van der Waals surface area contributed by atoms with Crippen LogP contribution in [0.1, 0.15) is 38.3 Å². The predicted molar refractivity (Wildman–Crippen MR) is 78.0 cm³/mol. The summed E-state index contributed by atoms with van der Waals surface area (Å²) in [4.78, 5) is 0.730. The predicted octanol–water partition coefficient (Wildman–Crippen LogP) is 3.93. The van der Waals surface area contributed by atoms with Gasteiger partial charge in [-0.3, -0.25) is 4.21 Å². The van der Waals surface area contributed by atoms with E-state index in [9.17, 15) is 4.21 Å². The molecule has 0 saturated carbocycles. The fourth-order valence-electron chi connectivity index (χ4n) is 2.52. The molecule has 0 fully saturated rings. The van der Waals surface area contributed by atoms with Crippen molar-refractivity contribution in [3.63, 3.8) is 0 Å². The maximum Gasteiger partial charge on any atom is 0.0641 e. The van der Waals surface area contributed by atoms with E-state index in [0.29, 0.717) is 10.0 Å². The maximum atomic E-state index is 12.6. The summed E-state index contributed by atoms with van der Waals surface area (Å²) < 4.78 is 12.6. The van der Waals surface area contributed by atoms with E-state index in [2.05, 4.69) is 12.2 Å². The molecule has 18 heavy (non-hydrogen) atoms. The monoisotopic (exact) mass is 305 g/mol. The quantitative estimate of drug-likeness (QED) is 0.913. The largest absolute Gasteiger partial charge is 0.309 e. The van der Waals surface area contributed by atoms with Crippen molar-refractivity contribution in [2.75, 3.05) is 6.54 Å². The summed E-state index contributed by atoms with van der Waals surface area (Å²) >= 11 is 12.5. The molecular weight excluding hydrogens is 289 g/mol. The second-order valence-electron chi connectivity index (χ2n) is 4.43. The molecule has 1 heterocycles. The molecule has 100 valence electrons. The molecule has 3 atom stereocenters. The minimum Gasteiger partial charge on any atom is -0.309 e. The first kappa shape index (κ1) is 14.3. The number of hydrogen-bond acceptors (Lipinski definition) is 2. The molecule has 0 aromatic heterocycles. The lowest BCUT2D eigenvalue weighted by atomic mass is 10.0. The van der Waals surface area contributed by atoms with Crippen LogP contribution >= 0.6 is 23.2 Å². The number of nitrogens with one attached hydrogen (secondary N) is 1. The number of halogens is 2. The molecule has 0 saturated heterocycles. The molecule has 0 bridgehead atoms. The first-order valence-electron chi connectivity index (χ1n) is 6.23. The summed E-state index contributed by atoms with van der Waals surface area (Å²) in [6.07, 6.45) is 1.91. The Hall–Kier alpha value is -0.0900. The van der Waals surface area contributed by atoms with Gasteiger partial charge in [-0.25, -0.2) is 0 Å².